The first kappa shape index (κ1) is 22.9. The van der Waals surface area contributed by atoms with Gasteiger partial charge >= 0.3 is 0 Å². The van der Waals surface area contributed by atoms with Gasteiger partial charge in [-0.05, 0) is 69.5 Å². The van der Waals surface area contributed by atoms with E-state index in [0.717, 1.165) is 0 Å². The van der Waals surface area contributed by atoms with Crippen LogP contribution in [0.2, 0.25) is 0 Å². The van der Waals surface area contributed by atoms with Gasteiger partial charge in [-0.15, -0.1) is 0 Å². The summed E-state index contributed by atoms with van der Waals surface area (Å²) in [6.45, 7) is 0. The van der Waals surface area contributed by atoms with Crippen molar-refractivity contribution in [3.8, 4) is 5.75 Å². The van der Waals surface area contributed by atoms with E-state index in [-0.39, 0.29) is 10.2 Å². The highest BCUT2D eigenvalue weighted by Crippen LogP contribution is 2.16. The summed E-state index contributed by atoms with van der Waals surface area (Å²) in [6, 6.07) is 19.8. The number of hydrogen-bond donors (Lipinski definition) is 2. The molecule has 0 aliphatic heterocycles. The summed E-state index contributed by atoms with van der Waals surface area (Å²) in [4.78, 5) is 25.3. The Hall–Kier alpha value is -3.78. The molecule has 2 amide bonds. The zero-order chi connectivity index (χ0) is 22.9. The SMILES string of the molecule is COc1ccc(/C=C(/NC(=O)c2ccccc2)C(=O)N/N=C/c2ccc(F)c(Br)c2)cc1. The lowest BCUT2D eigenvalue weighted by Gasteiger charge is -2.09. The Kier molecular flexibility index (Phi) is 7.88. The zero-order valence-electron chi connectivity index (χ0n) is 17.0. The number of carbonyl (C=O) groups is 2. The monoisotopic (exact) mass is 495 g/mol. The van der Waals surface area contributed by atoms with Crippen molar-refractivity contribution in [2.45, 2.75) is 0 Å². The van der Waals surface area contributed by atoms with E-state index in [4.69, 9.17) is 4.74 Å². The predicted molar refractivity (Wildman–Crippen MR) is 125 cm³/mol. The van der Waals surface area contributed by atoms with E-state index in [9.17, 15) is 14.0 Å². The second kappa shape index (κ2) is 11.0. The van der Waals surface area contributed by atoms with Crippen LogP contribution in [-0.4, -0.2) is 25.1 Å². The number of nitrogens with one attached hydrogen (secondary N) is 2. The van der Waals surface area contributed by atoms with Crippen molar-refractivity contribution in [1.29, 1.82) is 0 Å². The molecule has 0 spiro atoms. The number of rotatable bonds is 7. The van der Waals surface area contributed by atoms with E-state index in [1.165, 1.54) is 30.5 Å². The number of ether oxygens (including phenoxy) is 1. The third-order valence-electron chi connectivity index (χ3n) is 4.28. The maximum atomic E-state index is 13.4. The van der Waals surface area contributed by atoms with Crippen LogP contribution in [0.3, 0.4) is 0 Å². The molecule has 0 heterocycles. The first-order valence-electron chi connectivity index (χ1n) is 9.47. The van der Waals surface area contributed by atoms with Gasteiger partial charge in [0.1, 0.15) is 17.3 Å². The number of amides is 2. The molecule has 32 heavy (non-hydrogen) atoms. The molecule has 0 bridgehead atoms. The predicted octanol–water partition coefficient (Wildman–Crippen LogP) is 4.52. The first-order chi connectivity index (χ1) is 15.5. The third-order valence-corrected chi connectivity index (χ3v) is 4.89. The molecule has 2 N–H and O–H groups in total. The molecule has 162 valence electrons. The van der Waals surface area contributed by atoms with Crippen molar-refractivity contribution in [3.05, 3.63) is 105 Å². The Balaban J connectivity index is 1.80. The van der Waals surface area contributed by atoms with Crippen molar-refractivity contribution in [1.82, 2.24) is 10.7 Å². The van der Waals surface area contributed by atoms with Crippen LogP contribution in [0.5, 0.6) is 5.75 Å². The minimum absolute atomic E-state index is 0.00135. The molecule has 0 aliphatic carbocycles. The Morgan fingerprint density at radius 3 is 2.34 bits per heavy atom. The molecule has 3 aromatic carbocycles. The fraction of sp³-hybridized carbons (Fsp3) is 0.0417. The summed E-state index contributed by atoms with van der Waals surface area (Å²) in [6.07, 6.45) is 2.89. The third kappa shape index (κ3) is 6.36. The maximum absolute atomic E-state index is 13.4. The number of benzene rings is 3. The normalized spacial score (nSPS) is 11.3. The smallest absolute Gasteiger partial charge is 0.287 e. The average molecular weight is 496 g/mol. The second-order valence-electron chi connectivity index (χ2n) is 6.52. The highest BCUT2D eigenvalue weighted by Gasteiger charge is 2.14. The summed E-state index contributed by atoms with van der Waals surface area (Å²) >= 11 is 3.10. The van der Waals surface area contributed by atoms with Crippen molar-refractivity contribution >= 4 is 40.0 Å². The molecule has 0 aliphatic rings. The molecule has 6 nitrogen and oxygen atoms in total. The molecule has 8 heteroatoms. The molecule has 0 radical (unpaired) electrons. The second-order valence-corrected chi connectivity index (χ2v) is 7.38. The molecule has 0 aromatic heterocycles. The molecule has 3 rings (SSSR count). The molecular weight excluding hydrogens is 477 g/mol. The van der Waals surface area contributed by atoms with E-state index < -0.39 is 17.6 Å². The minimum Gasteiger partial charge on any atom is -0.497 e. The quantitative estimate of drug-likeness (QED) is 0.287. The van der Waals surface area contributed by atoms with Crippen LogP contribution in [0.25, 0.3) is 6.08 Å². The number of nitrogens with zero attached hydrogens (tertiary/aromatic N) is 1. The van der Waals surface area contributed by atoms with E-state index in [0.29, 0.717) is 22.4 Å². The van der Waals surface area contributed by atoms with Gasteiger partial charge in [-0.1, -0.05) is 36.4 Å². The summed E-state index contributed by atoms with van der Waals surface area (Å²) in [5, 5.41) is 6.53. The van der Waals surface area contributed by atoms with Crippen molar-refractivity contribution < 1.29 is 18.7 Å². The van der Waals surface area contributed by atoms with Gasteiger partial charge < -0.3 is 10.1 Å². The lowest BCUT2D eigenvalue weighted by Crippen LogP contribution is -2.32. The van der Waals surface area contributed by atoms with Crippen LogP contribution < -0.4 is 15.5 Å². The number of methoxy groups -OCH3 is 1. The zero-order valence-corrected chi connectivity index (χ0v) is 18.6. The van der Waals surface area contributed by atoms with Gasteiger partial charge in [0.25, 0.3) is 11.8 Å². The Morgan fingerprint density at radius 1 is 1.00 bits per heavy atom. The van der Waals surface area contributed by atoms with Crippen molar-refractivity contribution in [2.24, 2.45) is 5.10 Å². The summed E-state index contributed by atoms with van der Waals surface area (Å²) in [5.41, 5.74) is 4.04. The number of hydrogen-bond acceptors (Lipinski definition) is 4. The van der Waals surface area contributed by atoms with Gasteiger partial charge in [-0.3, -0.25) is 9.59 Å². The Bertz CT molecular complexity index is 1160. The van der Waals surface area contributed by atoms with Crippen molar-refractivity contribution in [2.75, 3.05) is 7.11 Å². The fourth-order valence-electron chi connectivity index (χ4n) is 2.63. The van der Waals surface area contributed by atoms with Gasteiger partial charge in [0.15, 0.2) is 0 Å². The number of hydrazone groups is 1. The van der Waals surface area contributed by atoms with Crippen molar-refractivity contribution in [3.63, 3.8) is 0 Å². The Morgan fingerprint density at radius 2 is 1.69 bits per heavy atom. The largest absolute Gasteiger partial charge is 0.497 e. The molecule has 0 unspecified atom stereocenters. The van der Waals surface area contributed by atoms with Gasteiger partial charge in [-0.2, -0.15) is 5.10 Å². The molecule has 0 saturated carbocycles. The Labute approximate surface area is 192 Å². The first-order valence-corrected chi connectivity index (χ1v) is 10.3. The van der Waals surface area contributed by atoms with Crippen LogP contribution in [0.15, 0.2) is 88.1 Å². The molecule has 0 saturated heterocycles. The topological polar surface area (TPSA) is 79.8 Å². The van der Waals surface area contributed by atoms with Gasteiger partial charge in [0.05, 0.1) is 17.8 Å². The highest BCUT2D eigenvalue weighted by atomic mass is 79.9. The average Bonchev–Trinajstić information content (AvgIpc) is 2.82. The summed E-state index contributed by atoms with van der Waals surface area (Å²) in [7, 11) is 1.56. The fourth-order valence-corrected chi connectivity index (χ4v) is 3.02. The van der Waals surface area contributed by atoms with Crippen LogP contribution in [0.1, 0.15) is 21.5 Å². The lowest BCUT2D eigenvalue weighted by atomic mass is 10.1. The van der Waals surface area contributed by atoms with E-state index in [2.05, 4.69) is 31.8 Å². The number of carbonyl (C=O) groups excluding carboxylic acids is 2. The molecule has 0 atom stereocenters. The van der Waals surface area contributed by atoms with Crippen LogP contribution in [-0.2, 0) is 4.79 Å². The van der Waals surface area contributed by atoms with Gasteiger partial charge in [-0.25, -0.2) is 9.82 Å². The lowest BCUT2D eigenvalue weighted by molar-refractivity contribution is -0.117. The highest BCUT2D eigenvalue weighted by molar-refractivity contribution is 9.10. The van der Waals surface area contributed by atoms with Crippen LogP contribution in [0, 0.1) is 5.82 Å². The summed E-state index contributed by atoms with van der Waals surface area (Å²) < 4.78 is 18.8. The molecule has 3 aromatic rings. The molecular formula is C24H19BrFN3O3. The summed E-state index contributed by atoms with van der Waals surface area (Å²) in [5.74, 6) is -0.800. The van der Waals surface area contributed by atoms with Crippen LogP contribution >= 0.6 is 15.9 Å². The van der Waals surface area contributed by atoms with Crippen LogP contribution in [0.4, 0.5) is 4.39 Å². The minimum atomic E-state index is -0.623. The van der Waals surface area contributed by atoms with Gasteiger partial charge in [0.2, 0.25) is 0 Å². The maximum Gasteiger partial charge on any atom is 0.287 e. The van der Waals surface area contributed by atoms with E-state index >= 15 is 0 Å². The van der Waals surface area contributed by atoms with Gasteiger partial charge in [0, 0.05) is 5.56 Å². The van der Waals surface area contributed by atoms with E-state index in [1.54, 1.807) is 61.7 Å². The number of halogens is 2. The molecule has 0 fully saturated rings. The standard InChI is InChI=1S/C24H19BrFN3O3/c1-32-19-10-7-16(8-11-19)14-22(28-23(30)18-5-3-2-4-6-18)24(31)29-27-15-17-9-12-21(26)20(25)13-17/h2-15H,1H3,(H,28,30)(H,29,31)/b22-14+,27-15+. The van der Waals surface area contributed by atoms with E-state index in [1.807, 2.05) is 0 Å².